The Bertz CT molecular complexity index is 1200. The third-order valence-electron chi connectivity index (χ3n) is 6.13. The maximum absolute atomic E-state index is 12.3. The molecule has 35 heavy (non-hydrogen) atoms. The summed E-state index contributed by atoms with van der Waals surface area (Å²) in [7, 11) is 0. The van der Waals surface area contributed by atoms with Crippen LogP contribution in [0.2, 0.25) is 5.02 Å². The summed E-state index contributed by atoms with van der Waals surface area (Å²) in [5.41, 5.74) is 2.68. The first-order valence-corrected chi connectivity index (χ1v) is 12.4. The van der Waals surface area contributed by atoms with Crippen LogP contribution in [0.5, 0.6) is 0 Å². The third kappa shape index (κ3) is 6.17. The Morgan fingerprint density at radius 1 is 0.857 bits per heavy atom. The molecular weight excluding hydrogens is 464 g/mol. The molecule has 0 saturated heterocycles. The number of fused-ring (bicyclic) bond motifs is 2. The lowest BCUT2D eigenvalue weighted by molar-refractivity contribution is -0.121. The summed E-state index contributed by atoms with van der Waals surface area (Å²) in [4.78, 5) is 42.2. The van der Waals surface area contributed by atoms with Gasteiger partial charge in [-0.2, -0.15) is 0 Å². The number of anilines is 1. The van der Waals surface area contributed by atoms with Crippen molar-refractivity contribution in [3.05, 3.63) is 70.9 Å². The lowest BCUT2D eigenvalue weighted by atomic mass is 10.1. The van der Waals surface area contributed by atoms with Crippen molar-refractivity contribution >= 4 is 45.9 Å². The van der Waals surface area contributed by atoms with E-state index < -0.39 is 11.8 Å². The highest BCUT2D eigenvalue weighted by atomic mass is 35.5. The van der Waals surface area contributed by atoms with Crippen LogP contribution in [-0.2, 0) is 4.79 Å². The molecule has 7 nitrogen and oxygen atoms in total. The molecule has 0 unspecified atom stereocenters. The topological polar surface area (TPSA) is 91.4 Å². The van der Waals surface area contributed by atoms with Gasteiger partial charge in [-0.3, -0.25) is 24.3 Å². The van der Waals surface area contributed by atoms with Crippen LogP contribution in [0.25, 0.3) is 10.9 Å². The Balaban J connectivity index is 1.05. The Hall–Kier alpha value is -3.45. The molecule has 8 heteroatoms. The molecule has 0 spiro atoms. The lowest BCUT2D eigenvalue weighted by Crippen LogP contribution is -2.40. The van der Waals surface area contributed by atoms with Crippen LogP contribution in [0.3, 0.4) is 0 Å². The van der Waals surface area contributed by atoms with E-state index in [0.717, 1.165) is 66.6 Å². The van der Waals surface area contributed by atoms with Crippen molar-refractivity contribution in [3.63, 3.8) is 0 Å². The smallest absolute Gasteiger partial charge is 0.262 e. The molecule has 1 aliphatic rings. The number of carbonyl (C=O) groups is 3. The second-order valence-electron chi connectivity index (χ2n) is 8.66. The van der Waals surface area contributed by atoms with Gasteiger partial charge in [0.15, 0.2) is 0 Å². The number of halogens is 1. The van der Waals surface area contributed by atoms with E-state index in [1.165, 1.54) is 0 Å². The number of hydrogen-bond acceptors (Lipinski definition) is 5. The van der Waals surface area contributed by atoms with Crippen LogP contribution in [0, 0.1) is 0 Å². The van der Waals surface area contributed by atoms with Crippen LogP contribution in [0.1, 0.15) is 59.2 Å². The van der Waals surface area contributed by atoms with Gasteiger partial charge in [-0.1, -0.05) is 49.4 Å². The second kappa shape index (κ2) is 11.8. The minimum atomic E-state index is -0.406. The SMILES string of the molecule is O=C(CN1C(=O)c2ccccc2C1=O)NCCCCCCCCNc1ccnc2cc(Cl)ccc12. The number of imide groups is 1. The van der Waals surface area contributed by atoms with Gasteiger partial charge in [0, 0.05) is 35.4 Å². The van der Waals surface area contributed by atoms with E-state index >= 15 is 0 Å². The Morgan fingerprint density at radius 2 is 1.51 bits per heavy atom. The average molecular weight is 493 g/mol. The number of pyridine rings is 1. The van der Waals surface area contributed by atoms with Crippen LogP contribution < -0.4 is 10.6 Å². The van der Waals surface area contributed by atoms with Crippen LogP contribution in [0.15, 0.2) is 54.7 Å². The molecule has 1 aliphatic heterocycles. The van der Waals surface area contributed by atoms with E-state index in [9.17, 15) is 14.4 Å². The van der Waals surface area contributed by atoms with Gasteiger partial charge in [0.05, 0.1) is 16.6 Å². The molecule has 0 fully saturated rings. The molecule has 0 radical (unpaired) electrons. The van der Waals surface area contributed by atoms with Gasteiger partial charge in [0.2, 0.25) is 5.91 Å². The highest BCUT2D eigenvalue weighted by molar-refractivity contribution is 6.31. The summed E-state index contributed by atoms with van der Waals surface area (Å²) >= 11 is 6.05. The summed E-state index contributed by atoms with van der Waals surface area (Å²) in [6.07, 6.45) is 8.14. The van der Waals surface area contributed by atoms with Crippen LogP contribution in [-0.4, -0.2) is 47.2 Å². The summed E-state index contributed by atoms with van der Waals surface area (Å²) in [6, 6.07) is 14.4. The van der Waals surface area contributed by atoms with E-state index in [2.05, 4.69) is 15.6 Å². The van der Waals surface area contributed by atoms with Crippen molar-refractivity contribution in [2.24, 2.45) is 0 Å². The maximum Gasteiger partial charge on any atom is 0.262 e. The van der Waals surface area contributed by atoms with Crippen LogP contribution >= 0.6 is 11.6 Å². The number of carbonyl (C=O) groups excluding carboxylic acids is 3. The van der Waals surface area contributed by atoms with Crippen molar-refractivity contribution in [3.8, 4) is 0 Å². The first kappa shape index (κ1) is 24.7. The predicted molar refractivity (Wildman–Crippen MR) is 138 cm³/mol. The van der Waals surface area contributed by atoms with Gasteiger partial charge in [0.25, 0.3) is 11.8 Å². The molecule has 3 amide bonds. The molecule has 2 N–H and O–H groups in total. The Kier molecular flexibility index (Phi) is 8.32. The molecule has 182 valence electrons. The highest BCUT2D eigenvalue weighted by Gasteiger charge is 2.36. The molecule has 0 atom stereocenters. The number of amides is 3. The van der Waals surface area contributed by atoms with Crippen molar-refractivity contribution in [1.82, 2.24) is 15.2 Å². The van der Waals surface area contributed by atoms with E-state index in [-0.39, 0.29) is 12.5 Å². The zero-order valence-corrected chi connectivity index (χ0v) is 20.3. The third-order valence-corrected chi connectivity index (χ3v) is 6.36. The second-order valence-corrected chi connectivity index (χ2v) is 9.10. The number of aromatic nitrogens is 1. The molecule has 3 aromatic rings. The first-order chi connectivity index (χ1) is 17.0. The summed E-state index contributed by atoms with van der Waals surface area (Å²) in [5, 5.41) is 8.06. The Morgan fingerprint density at radius 3 is 2.23 bits per heavy atom. The monoisotopic (exact) mass is 492 g/mol. The average Bonchev–Trinajstić information content (AvgIpc) is 3.10. The molecule has 1 aromatic heterocycles. The van der Waals surface area contributed by atoms with Gasteiger partial charge in [0.1, 0.15) is 6.54 Å². The minimum absolute atomic E-state index is 0.237. The number of nitrogens with zero attached hydrogens (tertiary/aromatic N) is 2. The molecule has 2 heterocycles. The van der Waals surface area contributed by atoms with Crippen molar-refractivity contribution in [2.75, 3.05) is 25.0 Å². The quantitative estimate of drug-likeness (QED) is 0.272. The fraction of sp³-hybridized carbons (Fsp3) is 0.333. The summed E-state index contributed by atoms with van der Waals surface area (Å²) in [5.74, 6) is -1.12. The first-order valence-electron chi connectivity index (χ1n) is 12.0. The molecule has 0 aliphatic carbocycles. The van der Waals surface area contributed by atoms with E-state index in [1.807, 2.05) is 24.3 Å². The van der Waals surface area contributed by atoms with Gasteiger partial charge in [-0.25, -0.2) is 0 Å². The molecule has 0 saturated carbocycles. The number of benzene rings is 2. The van der Waals surface area contributed by atoms with Crippen molar-refractivity contribution in [2.45, 2.75) is 38.5 Å². The van der Waals surface area contributed by atoms with Gasteiger partial charge < -0.3 is 10.6 Å². The minimum Gasteiger partial charge on any atom is -0.384 e. The van der Waals surface area contributed by atoms with E-state index in [0.29, 0.717) is 22.7 Å². The van der Waals surface area contributed by atoms with Gasteiger partial charge in [-0.05, 0) is 49.2 Å². The number of unbranched alkanes of at least 4 members (excludes halogenated alkanes) is 5. The lowest BCUT2D eigenvalue weighted by Gasteiger charge is -2.13. The number of nitrogens with one attached hydrogen (secondary N) is 2. The predicted octanol–water partition coefficient (Wildman–Crippen LogP) is 5.05. The summed E-state index contributed by atoms with van der Waals surface area (Å²) < 4.78 is 0. The molecule has 2 aromatic carbocycles. The largest absolute Gasteiger partial charge is 0.384 e. The van der Waals surface area contributed by atoms with Gasteiger partial charge in [-0.15, -0.1) is 0 Å². The van der Waals surface area contributed by atoms with Crippen LogP contribution in [0.4, 0.5) is 5.69 Å². The fourth-order valence-corrected chi connectivity index (χ4v) is 4.43. The molecule has 0 bridgehead atoms. The standard InChI is InChI=1S/C27H29ClN4O3/c28-19-11-12-22-23(13-16-30-24(22)17-19)29-14-7-3-1-2-4-8-15-31-25(33)18-32-26(34)20-9-5-6-10-21(20)27(32)35/h5-6,9-13,16-17H,1-4,7-8,14-15,18H2,(H,29,30)(H,31,33). The molecular formula is C27H29ClN4O3. The maximum atomic E-state index is 12.3. The number of hydrogen-bond donors (Lipinski definition) is 2. The molecule has 4 rings (SSSR count). The zero-order valence-electron chi connectivity index (χ0n) is 19.6. The van der Waals surface area contributed by atoms with E-state index in [1.54, 1.807) is 30.5 Å². The fourth-order valence-electron chi connectivity index (χ4n) is 4.27. The van der Waals surface area contributed by atoms with E-state index in [4.69, 9.17) is 11.6 Å². The zero-order chi connectivity index (χ0) is 24.6. The summed E-state index contributed by atoms with van der Waals surface area (Å²) in [6.45, 7) is 1.21. The number of rotatable bonds is 12. The Labute approximate surface area is 209 Å². The highest BCUT2D eigenvalue weighted by Crippen LogP contribution is 2.24. The van der Waals surface area contributed by atoms with Crippen molar-refractivity contribution < 1.29 is 14.4 Å². The van der Waals surface area contributed by atoms with Crippen molar-refractivity contribution in [1.29, 1.82) is 0 Å². The normalized spacial score (nSPS) is 12.8. The van der Waals surface area contributed by atoms with Gasteiger partial charge >= 0.3 is 0 Å².